The third kappa shape index (κ3) is 4.20. The predicted molar refractivity (Wildman–Crippen MR) is 93.4 cm³/mol. The van der Waals surface area contributed by atoms with Gasteiger partial charge in [0, 0.05) is 11.1 Å². The van der Waals surface area contributed by atoms with E-state index in [0.717, 1.165) is 28.8 Å². The molecule has 0 spiro atoms. The third-order valence-electron chi connectivity index (χ3n) is 3.64. The third-order valence-corrected chi connectivity index (χ3v) is 3.64. The molecule has 2 rings (SSSR count). The van der Waals surface area contributed by atoms with E-state index in [4.69, 9.17) is 10.5 Å². The van der Waals surface area contributed by atoms with E-state index >= 15 is 0 Å². The summed E-state index contributed by atoms with van der Waals surface area (Å²) < 4.78 is 6.00. The first-order valence-electron chi connectivity index (χ1n) is 7.89. The maximum Gasteiger partial charge on any atom is 0.120 e. The smallest absolute Gasteiger partial charge is 0.120 e. The molecule has 0 atom stereocenters. The van der Waals surface area contributed by atoms with Crippen molar-refractivity contribution in [2.24, 2.45) is 11.1 Å². The van der Waals surface area contributed by atoms with Crippen LogP contribution in [0.2, 0.25) is 0 Å². The molecule has 0 radical (unpaired) electrons. The number of nitrogens with zero attached hydrogens (tertiary/aromatic N) is 1. The summed E-state index contributed by atoms with van der Waals surface area (Å²) in [6, 6.07) is 8.32. The molecule has 0 saturated heterocycles. The maximum atomic E-state index is 6.00. The molecular weight excluding hydrogens is 272 g/mol. The zero-order valence-electron chi connectivity index (χ0n) is 14.7. The summed E-state index contributed by atoms with van der Waals surface area (Å²) in [5.41, 5.74) is 9.12. The topological polar surface area (TPSA) is 48.1 Å². The van der Waals surface area contributed by atoms with Crippen LogP contribution in [0, 0.1) is 12.3 Å². The van der Waals surface area contributed by atoms with Crippen LogP contribution in [-0.4, -0.2) is 17.1 Å². The molecule has 0 amide bonds. The van der Waals surface area contributed by atoms with E-state index in [1.165, 1.54) is 5.56 Å². The average Bonchev–Trinajstić information content (AvgIpc) is 2.37. The molecule has 0 bridgehead atoms. The number of rotatable bonds is 4. The zero-order valence-corrected chi connectivity index (χ0v) is 14.7. The van der Waals surface area contributed by atoms with E-state index in [2.05, 4.69) is 51.7 Å². The number of pyridine rings is 1. The lowest BCUT2D eigenvalue weighted by molar-refractivity contribution is 0.131. The minimum Gasteiger partial charge on any atom is -0.488 e. The standard InChI is InChI=1S/C19H28N2O/c1-13-9-14(11-19(5,6)12-20)16-10-15(22-18(2,3)4)7-8-17(16)21-13/h7-10H,11-12,20H2,1-6H3. The SMILES string of the molecule is Cc1cc(CC(C)(C)CN)c2cc(OC(C)(C)C)ccc2n1. The average molecular weight is 300 g/mol. The van der Waals surface area contributed by atoms with Gasteiger partial charge in [-0.3, -0.25) is 4.98 Å². The second-order valence-electron chi connectivity index (χ2n) is 7.86. The Bertz CT molecular complexity index is 669. The van der Waals surface area contributed by atoms with E-state index in [1.54, 1.807) is 0 Å². The molecule has 1 aromatic carbocycles. The molecule has 2 aromatic rings. The summed E-state index contributed by atoms with van der Waals surface area (Å²) in [5.74, 6) is 0.887. The van der Waals surface area contributed by atoms with Crippen LogP contribution in [0.1, 0.15) is 45.9 Å². The summed E-state index contributed by atoms with van der Waals surface area (Å²) in [5, 5.41) is 1.16. The number of aryl methyl sites for hydroxylation is 1. The predicted octanol–water partition coefficient (Wildman–Crippen LogP) is 4.25. The Balaban J connectivity index is 2.51. The van der Waals surface area contributed by atoms with Gasteiger partial charge in [0.1, 0.15) is 11.4 Å². The summed E-state index contributed by atoms with van der Waals surface area (Å²) in [7, 11) is 0. The van der Waals surface area contributed by atoms with Crippen LogP contribution in [0.5, 0.6) is 5.75 Å². The van der Waals surface area contributed by atoms with E-state index in [1.807, 2.05) is 19.1 Å². The second-order valence-corrected chi connectivity index (χ2v) is 7.86. The van der Waals surface area contributed by atoms with E-state index in [0.29, 0.717) is 6.54 Å². The Labute approximate surface area is 133 Å². The van der Waals surface area contributed by atoms with Crippen molar-refractivity contribution in [1.82, 2.24) is 4.98 Å². The summed E-state index contributed by atoms with van der Waals surface area (Å²) in [6.07, 6.45) is 0.933. The van der Waals surface area contributed by atoms with Gasteiger partial charge in [-0.25, -0.2) is 0 Å². The molecule has 0 fully saturated rings. The van der Waals surface area contributed by atoms with Crippen molar-refractivity contribution < 1.29 is 4.74 Å². The van der Waals surface area contributed by atoms with Crippen molar-refractivity contribution in [3.8, 4) is 5.75 Å². The first kappa shape index (κ1) is 16.8. The van der Waals surface area contributed by atoms with E-state index in [9.17, 15) is 0 Å². The Morgan fingerprint density at radius 2 is 1.77 bits per heavy atom. The van der Waals surface area contributed by atoms with Crippen molar-refractivity contribution in [2.75, 3.05) is 6.54 Å². The molecule has 1 aromatic heterocycles. The van der Waals surface area contributed by atoms with Crippen molar-refractivity contribution >= 4 is 10.9 Å². The quantitative estimate of drug-likeness (QED) is 0.918. The van der Waals surface area contributed by atoms with Crippen LogP contribution in [0.3, 0.4) is 0 Å². The zero-order chi connectivity index (χ0) is 16.5. The van der Waals surface area contributed by atoms with Gasteiger partial charge in [-0.1, -0.05) is 13.8 Å². The number of nitrogens with two attached hydrogens (primary N) is 1. The molecule has 3 nitrogen and oxygen atoms in total. The molecule has 0 aliphatic heterocycles. The van der Waals surface area contributed by atoms with Crippen LogP contribution in [-0.2, 0) is 6.42 Å². The van der Waals surface area contributed by atoms with Gasteiger partial charge in [0.2, 0.25) is 0 Å². The lowest BCUT2D eigenvalue weighted by Crippen LogP contribution is -2.26. The molecule has 22 heavy (non-hydrogen) atoms. The van der Waals surface area contributed by atoms with Gasteiger partial charge in [0.25, 0.3) is 0 Å². The van der Waals surface area contributed by atoms with Gasteiger partial charge in [-0.2, -0.15) is 0 Å². The van der Waals surface area contributed by atoms with Gasteiger partial charge in [-0.15, -0.1) is 0 Å². The molecular formula is C19H28N2O. The number of hydrogen-bond acceptors (Lipinski definition) is 3. The van der Waals surface area contributed by atoms with Crippen LogP contribution >= 0.6 is 0 Å². The van der Waals surface area contributed by atoms with Gasteiger partial charge in [0.15, 0.2) is 0 Å². The van der Waals surface area contributed by atoms with E-state index < -0.39 is 0 Å². The molecule has 3 heteroatoms. The summed E-state index contributed by atoms with van der Waals surface area (Å²) in [4.78, 5) is 4.64. The maximum absolute atomic E-state index is 6.00. The van der Waals surface area contributed by atoms with Crippen LogP contribution in [0.4, 0.5) is 0 Å². The summed E-state index contributed by atoms with van der Waals surface area (Å²) >= 11 is 0. The molecule has 1 heterocycles. The molecule has 120 valence electrons. The molecule has 0 saturated carbocycles. The van der Waals surface area contributed by atoms with Crippen molar-refractivity contribution in [1.29, 1.82) is 0 Å². The number of aromatic nitrogens is 1. The number of hydrogen-bond donors (Lipinski definition) is 1. The lowest BCUT2D eigenvalue weighted by Gasteiger charge is -2.24. The Kier molecular flexibility index (Phi) is 4.48. The van der Waals surface area contributed by atoms with Crippen LogP contribution in [0.25, 0.3) is 10.9 Å². The molecule has 0 aliphatic rings. The fourth-order valence-corrected chi connectivity index (χ4v) is 2.57. The first-order chi connectivity index (χ1) is 10.1. The lowest BCUT2D eigenvalue weighted by atomic mass is 9.84. The fourth-order valence-electron chi connectivity index (χ4n) is 2.57. The largest absolute Gasteiger partial charge is 0.488 e. The molecule has 0 unspecified atom stereocenters. The summed E-state index contributed by atoms with van der Waals surface area (Å²) in [6.45, 7) is 13.3. The number of benzene rings is 1. The number of fused-ring (bicyclic) bond motifs is 1. The first-order valence-corrected chi connectivity index (χ1v) is 7.89. The normalized spacial score (nSPS) is 12.7. The minimum absolute atomic E-state index is 0.0710. The highest BCUT2D eigenvalue weighted by molar-refractivity contribution is 5.84. The van der Waals surface area contributed by atoms with Crippen molar-refractivity contribution in [3.63, 3.8) is 0 Å². The van der Waals surface area contributed by atoms with Gasteiger partial charge >= 0.3 is 0 Å². The highest BCUT2D eigenvalue weighted by Crippen LogP contribution is 2.30. The Hall–Kier alpha value is -1.61. The Morgan fingerprint density at radius 3 is 2.36 bits per heavy atom. The molecule has 2 N–H and O–H groups in total. The number of ether oxygens (including phenoxy) is 1. The van der Waals surface area contributed by atoms with Crippen molar-refractivity contribution in [3.05, 3.63) is 35.5 Å². The second kappa shape index (κ2) is 5.88. The van der Waals surface area contributed by atoms with Gasteiger partial charge in [-0.05, 0) is 75.9 Å². The monoisotopic (exact) mass is 300 g/mol. The van der Waals surface area contributed by atoms with Crippen molar-refractivity contribution in [2.45, 2.75) is 53.6 Å². The highest BCUT2D eigenvalue weighted by Gasteiger charge is 2.19. The van der Waals surface area contributed by atoms with E-state index in [-0.39, 0.29) is 11.0 Å². The van der Waals surface area contributed by atoms with Crippen LogP contribution in [0.15, 0.2) is 24.3 Å². The van der Waals surface area contributed by atoms with Crippen LogP contribution < -0.4 is 10.5 Å². The fraction of sp³-hybridized carbons (Fsp3) is 0.526. The molecule has 0 aliphatic carbocycles. The van der Waals surface area contributed by atoms with Gasteiger partial charge < -0.3 is 10.5 Å². The Morgan fingerprint density at radius 1 is 1.09 bits per heavy atom. The van der Waals surface area contributed by atoms with Gasteiger partial charge in [0.05, 0.1) is 5.52 Å². The highest BCUT2D eigenvalue weighted by atomic mass is 16.5. The minimum atomic E-state index is -0.206.